The fraction of sp³-hybridized carbons (Fsp3) is 0.368. The van der Waals surface area contributed by atoms with Gasteiger partial charge in [0.05, 0.1) is 21.6 Å². The van der Waals surface area contributed by atoms with Gasteiger partial charge in [0.2, 0.25) is 10.0 Å². The third-order valence-corrected chi connectivity index (χ3v) is 6.77. The summed E-state index contributed by atoms with van der Waals surface area (Å²) in [6.45, 7) is 0.333. The van der Waals surface area contributed by atoms with Crippen molar-refractivity contribution < 1.29 is 21.6 Å². The zero-order valence-corrected chi connectivity index (χ0v) is 17.2. The smallest absolute Gasteiger partial charge is 0.238 e. The van der Waals surface area contributed by atoms with Gasteiger partial charge < -0.3 is 10.1 Å². The number of nitrogens with two attached hydrogens (primary N) is 1. The number of anilines is 1. The molecule has 9 heteroatoms. The molecule has 1 saturated carbocycles. The van der Waals surface area contributed by atoms with Gasteiger partial charge in [-0.15, -0.1) is 0 Å². The first-order valence-electron chi connectivity index (χ1n) is 9.00. The Labute approximate surface area is 165 Å². The number of ether oxygens (including phenoxy) is 1. The summed E-state index contributed by atoms with van der Waals surface area (Å²) in [5.41, 5.74) is 1.20. The molecule has 3 N–H and O–H groups in total. The number of sulfone groups is 1. The molecule has 2 aromatic rings. The van der Waals surface area contributed by atoms with E-state index < -0.39 is 19.9 Å². The van der Waals surface area contributed by atoms with Crippen LogP contribution in [0.4, 0.5) is 5.69 Å². The number of nitrogens with one attached hydrogen (secondary N) is 1. The lowest BCUT2D eigenvalue weighted by Gasteiger charge is -2.18. The number of rotatable bonds is 7. The van der Waals surface area contributed by atoms with E-state index in [-0.39, 0.29) is 15.9 Å². The lowest BCUT2D eigenvalue weighted by Crippen LogP contribution is -2.15. The summed E-state index contributed by atoms with van der Waals surface area (Å²) < 4.78 is 53.5. The minimum atomic E-state index is -4.00. The molecule has 0 spiro atoms. The van der Waals surface area contributed by atoms with E-state index in [1.54, 1.807) is 0 Å². The SMILES string of the molecule is CS(=O)(=O)c1cc(S(N)(=O)=O)ccc1NCc1ccccc1OC1CCCC1. The van der Waals surface area contributed by atoms with Gasteiger partial charge in [0, 0.05) is 18.4 Å². The maximum atomic E-state index is 12.1. The fourth-order valence-electron chi connectivity index (χ4n) is 3.27. The van der Waals surface area contributed by atoms with Crippen LogP contribution in [0.25, 0.3) is 0 Å². The van der Waals surface area contributed by atoms with Crippen molar-refractivity contribution in [2.75, 3.05) is 11.6 Å². The van der Waals surface area contributed by atoms with Gasteiger partial charge >= 0.3 is 0 Å². The van der Waals surface area contributed by atoms with Crippen molar-refractivity contribution in [3.05, 3.63) is 48.0 Å². The van der Waals surface area contributed by atoms with Gasteiger partial charge in [0.25, 0.3) is 0 Å². The number of primary sulfonamides is 1. The molecule has 0 aromatic heterocycles. The molecule has 0 aliphatic heterocycles. The van der Waals surface area contributed by atoms with E-state index in [1.165, 1.54) is 25.0 Å². The number of hydrogen-bond donors (Lipinski definition) is 2. The number of sulfonamides is 1. The van der Waals surface area contributed by atoms with E-state index in [2.05, 4.69) is 5.32 Å². The maximum absolute atomic E-state index is 12.1. The Bertz CT molecular complexity index is 1060. The molecule has 3 rings (SSSR count). The Morgan fingerprint density at radius 1 is 1.07 bits per heavy atom. The van der Waals surface area contributed by atoms with Crippen molar-refractivity contribution in [2.45, 2.75) is 48.1 Å². The molecule has 0 amide bonds. The average Bonchev–Trinajstić information content (AvgIpc) is 3.12. The van der Waals surface area contributed by atoms with Crippen LogP contribution < -0.4 is 15.2 Å². The van der Waals surface area contributed by atoms with Crippen molar-refractivity contribution in [3.8, 4) is 5.75 Å². The molecule has 1 aliphatic rings. The second-order valence-corrected chi connectivity index (χ2v) is 10.5. The predicted octanol–water partition coefficient (Wildman–Crippen LogP) is 2.67. The van der Waals surface area contributed by atoms with Gasteiger partial charge in [-0.05, 0) is 49.9 Å². The lowest BCUT2D eigenvalue weighted by atomic mass is 10.2. The Balaban J connectivity index is 1.85. The van der Waals surface area contributed by atoms with Gasteiger partial charge in [-0.25, -0.2) is 22.0 Å². The summed E-state index contributed by atoms with van der Waals surface area (Å²) in [5.74, 6) is 0.768. The third-order valence-electron chi connectivity index (χ3n) is 4.72. The number of para-hydroxylation sites is 1. The van der Waals surface area contributed by atoms with Crippen molar-refractivity contribution >= 4 is 25.5 Å². The van der Waals surface area contributed by atoms with E-state index in [0.717, 1.165) is 36.5 Å². The highest BCUT2D eigenvalue weighted by Gasteiger charge is 2.20. The highest BCUT2D eigenvalue weighted by molar-refractivity contribution is 7.91. The first-order chi connectivity index (χ1) is 13.1. The Kier molecular flexibility index (Phi) is 5.97. The summed E-state index contributed by atoms with van der Waals surface area (Å²) >= 11 is 0. The van der Waals surface area contributed by atoms with Crippen LogP contribution in [0.2, 0.25) is 0 Å². The molecule has 1 fully saturated rings. The molecular formula is C19H24N2O5S2. The summed E-state index contributed by atoms with van der Waals surface area (Å²) in [6.07, 6.45) is 5.64. The molecule has 0 bridgehead atoms. The van der Waals surface area contributed by atoms with Crippen LogP contribution >= 0.6 is 0 Å². The number of benzene rings is 2. The Morgan fingerprint density at radius 3 is 2.39 bits per heavy atom. The molecule has 2 aromatic carbocycles. The van der Waals surface area contributed by atoms with E-state index in [1.807, 2.05) is 24.3 Å². The average molecular weight is 425 g/mol. The quantitative estimate of drug-likeness (QED) is 0.706. The second kappa shape index (κ2) is 8.10. The van der Waals surface area contributed by atoms with Crippen LogP contribution in [-0.2, 0) is 26.4 Å². The zero-order valence-electron chi connectivity index (χ0n) is 15.6. The summed E-state index contributed by atoms with van der Waals surface area (Å²) in [6, 6.07) is 11.4. The van der Waals surface area contributed by atoms with Crippen molar-refractivity contribution in [2.24, 2.45) is 5.14 Å². The maximum Gasteiger partial charge on any atom is 0.238 e. The van der Waals surface area contributed by atoms with Gasteiger partial charge in [-0.1, -0.05) is 18.2 Å². The first-order valence-corrected chi connectivity index (χ1v) is 12.4. The first kappa shape index (κ1) is 20.6. The minimum Gasteiger partial charge on any atom is -0.490 e. The highest BCUT2D eigenvalue weighted by Crippen LogP contribution is 2.29. The number of hydrogen-bond acceptors (Lipinski definition) is 6. The topological polar surface area (TPSA) is 116 Å². The summed E-state index contributed by atoms with van der Waals surface area (Å²) in [7, 11) is -7.67. The second-order valence-electron chi connectivity index (χ2n) is 6.96. The van der Waals surface area contributed by atoms with E-state index >= 15 is 0 Å². The monoisotopic (exact) mass is 424 g/mol. The van der Waals surface area contributed by atoms with Crippen LogP contribution in [0.15, 0.2) is 52.3 Å². The van der Waals surface area contributed by atoms with Crippen molar-refractivity contribution in [3.63, 3.8) is 0 Å². The van der Waals surface area contributed by atoms with Gasteiger partial charge in [0.1, 0.15) is 5.75 Å². The highest BCUT2D eigenvalue weighted by atomic mass is 32.2. The lowest BCUT2D eigenvalue weighted by molar-refractivity contribution is 0.208. The molecule has 0 saturated heterocycles. The molecule has 28 heavy (non-hydrogen) atoms. The summed E-state index contributed by atoms with van der Waals surface area (Å²) in [4.78, 5) is -0.364. The van der Waals surface area contributed by atoms with Crippen molar-refractivity contribution in [1.29, 1.82) is 0 Å². The molecule has 0 unspecified atom stereocenters. The largest absolute Gasteiger partial charge is 0.490 e. The Hall–Kier alpha value is -2.10. The van der Waals surface area contributed by atoms with Gasteiger partial charge in [-0.2, -0.15) is 0 Å². The zero-order chi connectivity index (χ0) is 20.4. The molecule has 7 nitrogen and oxygen atoms in total. The van der Waals surface area contributed by atoms with E-state index in [4.69, 9.17) is 9.88 Å². The Morgan fingerprint density at radius 2 is 1.75 bits per heavy atom. The van der Waals surface area contributed by atoms with Crippen LogP contribution in [0.3, 0.4) is 0 Å². The van der Waals surface area contributed by atoms with Crippen molar-refractivity contribution in [1.82, 2.24) is 0 Å². The predicted molar refractivity (Wildman–Crippen MR) is 108 cm³/mol. The van der Waals surface area contributed by atoms with Crippen LogP contribution in [-0.4, -0.2) is 29.2 Å². The molecule has 152 valence electrons. The van der Waals surface area contributed by atoms with Gasteiger partial charge in [0.15, 0.2) is 9.84 Å². The van der Waals surface area contributed by atoms with E-state index in [9.17, 15) is 16.8 Å². The third kappa shape index (κ3) is 5.03. The molecule has 1 aliphatic carbocycles. The summed E-state index contributed by atoms with van der Waals surface area (Å²) in [5, 5.41) is 8.21. The van der Waals surface area contributed by atoms with Crippen LogP contribution in [0.1, 0.15) is 31.2 Å². The van der Waals surface area contributed by atoms with E-state index in [0.29, 0.717) is 12.2 Å². The molecular weight excluding hydrogens is 400 g/mol. The standard InChI is InChI=1S/C19H24N2O5S2/c1-27(22,23)19-12-16(28(20,24)25)10-11-17(19)21-13-14-6-2-5-9-18(14)26-15-7-3-4-8-15/h2,5-6,9-12,15,21H,3-4,7-8,13H2,1H3,(H2,20,24,25). The molecule has 0 radical (unpaired) electrons. The normalized spacial score (nSPS) is 15.5. The minimum absolute atomic E-state index is 0.117. The van der Waals surface area contributed by atoms with Crippen LogP contribution in [0, 0.1) is 0 Å². The fourth-order valence-corrected chi connectivity index (χ4v) is 4.77. The molecule has 0 atom stereocenters. The van der Waals surface area contributed by atoms with Crippen LogP contribution in [0.5, 0.6) is 5.75 Å². The molecule has 0 heterocycles. The van der Waals surface area contributed by atoms with Gasteiger partial charge in [-0.3, -0.25) is 0 Å².